The maximum absolute atomic E-state index is 11.8. The van der Waals surface area contributed by atoms with Crippen molar-refractivity contribution in [1.29, 1.82) is 0 Å². The van der Waals surface area contributed by atoms with E-state index in [-0.39, 0.29) is 6.04 Å². The summed E-state index contributed by atoms with van der Waals surface area (Å²) >= 11 is 0. The molecule has 0 aliphatic heterocycles. The highest BCUT2D eigenvalue weighted by molar-refractivity contribution is 5.95. The molecule has 2 amide bonds. The van der Waals surface area contributed by atoms with E-state index in [1.165, 1.54) is 16.6 Å². The van der Waals surface area contributed by atoms with Gasteiger partial charge < -0.3 is 15.6 Å². The zero-order valence-corrected chi connectivity index (χ0v) is 16.4. The third kappa shape index (κ3) is 4.15. The summed E-state index contributed by atoms with van der Waals surface area (Å²) in [7, 11) is 2.18. The topological polar surface area (TPSA) is 65.4 Å². The van der Waals surface area contributed by atoms with Crippen molar-refractivity contribution in [3.8, 4) is 0 Å². The van der Waals surface area contributed by atoms with E-state index >= 15 is 0 Å². The third-order valence-electron chi connectivity index (χ3n) is 5.19. The Hall–Kier alpha value is -2.01. The number of urea groups is 1. The maximum atomic E-state index is 11.8. The minimum atomic E-state index is -0.417. The van der Waals surface area contributed by atoms with E-state index in [1.54, 1.807) is 4.90 Å². The SMILES string of the molecule is CCC(C)N(C)CCc1c(C)[nH]c2ccc(N(C(N)=O)C(C)C)cc12. The molecule has 1 aromatic carbocycles. The van der Waals surface area contributed by atoms with Crippen LogP contribution in [0.2, 0.25) is 0 Å². The molecule has 2 aromatic rings. The van der Waals surface area contributed by atoms with E-state index in [2.05, 4.69) is 43.8 Å². The van der Waals surface area contributed by atoms with E-state index in [4.69, 9.17) is 5.73 Å². The summed E-state index contributed by atoms with van der Waals surface area (Å²) in [5, 5.41) is 1.18. The number of benzene rings is 1. The molecular formula is C20H32N4O. The molecule has 0 saturated carbocycles. The molecule has 0 fully saturated rings. The molecule has 0 bridgehead atoms. The molecule has 1 atom stereocenters. The molecule has 0 radical (unpaired) electrons. The van der Waals surface area contributed by atoms with E-state index in [0.717, 1.165) is 30.6 Å². The molecule has 3 N–H and O–H groups in total. The average molecular weight is 345 g/mol. The molecule has 5 heteroatoms. The van der Waals surface area contributed by atoms with Gasteiger partial charge in [-0.15, -0.1) is 0 Å². The first-order chi connectivity index (χ1) is 11.8. The Bertz CT molecular complexity index is 735. The molecule has 0 spiro atoms. The summed E-state index contributed by atoms with van der Waals surface area (Å²) in [5.74, 6) is 0. The van der Waals surface area contributed by atoms with Gasteiger partial charge >= 0.3 is 6.03 Å². The minimum absolute atomic E-state index is 0.0231. The van der Waals surface area contributed by atoms with Gasteiger partial charge in [-0.1, -0.05) is 6.92 Å². The summed E-state index contributed by atoms with van der Waals surface area (Å²) in [6, 6.07) is 6.26. The highest BCUT2D eigenvalue weighted by Crippen LogP contribution is 2.28. The van der Waals surface area contributed by atoms with E-state index < -0.39 is 6.03 Å². The second-order valence-corrected chi connectivity index (χ2v) is 7.25. The molecule has 0 aliphatic rings. The number of nitrogens with two attached hydrogens (primary N) is 1. The number of carbonyl (C=O) groups excluding carboxylic acids is 1. The van der Waals surface area contributed by atoms with Gasteiger partial charge in [0, 0.05) is 40.9 Å². The highest BCUT2D eigenvalue weighted by atomic mass is 16.2. The number of aromatic nitrogens is 1. The van der Waals surface area contributed by atoms with E-state index in [9.17, 15) is 4.79 Å². The number of hydrogen-bond acceptors (Lipinski definition) is 2. The predicted molar refractivity (Wildman–Crippen MR) is 106 cm³/mol. The Morgan fingerprint density at radius 1 is 1.28 bits per heavy atom. The molecule has 0 saturated heterocycles. The molecule has 25 heavy (non-hydrogen) atoms. The fraction of sp³-hybridized carbons (Fsp3) is 0.550. The van der Waals surface area contributed by atoms with Crippen molar-refractivity contribution in [3.63, 3.8) is 0 Å². The van der Waals surface area contributed by atoms with Gasteiger partial charge in [-0.3, -0.25) is 4.90 Å². The smallest absolute Gasteiger partial charge is 0.319 e. The van der Waals surface area contributed by atoms with Crippen LogP contribution in [0, 0.1) is 6.92 Å². The lowest BCUT2D eigenvalue weighted by Gasteiger charge is -2.25. The van der Waals surface area contributed by atoms with Gasteiger partial charge in [-0.05, 0) is 71.3 Å². The number of carbonyl (C=O) groups is 1. The summed E-state index contributed by atoms with van der Waals surface area (Å²) in [5.41, 5.74) is 10.0. The normalized spacial score (nSPS) is 13.0. The Morgan fingerprint density at radius 3 is 2.52 bits per heavy atom. The molecule has 1 heterocycles. The van der Waals surface area contributed by atoms with Crippen LogP contribution in [0.1, 0.15) is 45.4 Å². The van der Waals surface area contributed by atoms with Crippen LogP contribution >= 0.6 is 0 Å². The first-order valence-electron chi connectivity index (χ1n) is 9.16. The van der Waals surface area contributed by atoms with Crippen molar-refractivity contribution in [1.82, 2.24) is 9.88 Å². The number of anilines is 1. The zero-order valence-electron chi connectivity index (χ0n) is 16.4. The highest BCUT2D eigenvalue weighted by Gasteiger charge is 2.18. The quantitative estimate of drug-likeness (QED) is 0.796. The number of likely N-dealkylation sites (N-methyl/N-ethyl adjacent to an activating group) is 1. The molecule has 5 nitrogen and oxygen atoms in total. The van der Waals surface area contributed by atoms with Gasteiger partial charge in [-0.2, -0.15) is 0 Å². The monoisotopic (exact) mass is 344 g/mol. The number of aryl methyl sites for hydroxylation is 1. The Labute approximate surface area is 151 Å². The van der Waals surface area contributed by atoms with Crippen LogP contribution in [-0.4, -0.2) is 41.6 Å². The molecule has 1 aromatic heterocycles. The van der Waals surface area contributed by atoms with Crippen molar-refractivity contribution < 1.29 is 4.79 Å². The second-order valence-electron chi connectivity index (χ2n) is 7.25. The van der Waals surface area contributed by atoms with Crippen molar-refractivity contribution in [2.45, 2.75) is 59.5 Å². The lowest BCUT2D eigenvalue weighted by Crippen LogP contribution is -2.40. The van der Waals surface area contributed by atoms with E-state index in [0.29, 0.717) is 6.04 Å². The van der Waals surface area contributed by atoms with Crippen LogP contribution in [0.15, 0.2) is 18.2 Å². The van der Waals surface area contributed by atoms with Gasteiger partial charge in [-0.25, -0.2) is 4.79 Å². The predicted octanol–water partition coefficient (Wildman–Crippen LogP) is 4.04. The van der Waals surface area contributed by atoms with Crippen LogP contribution in [-0.2, 0) is 6.42 Å². The fourth-order valence-electron chi connectivity index (χ4n) is 3.34. The molecule has 138 valence electrons. The Morgan fingerprint density at radius 2 is 1.96 bits per heavy atom. The number of nitrogens with zero attached hydrogens (tertiary/aromatic N) is 2. The number of aromatic amines is 1. The number of hydrogen-bond donors (Lipinski definition) is 2. The Balaban J connectivity index is 2.36. The van der Waals surface area contributed by atoms with Gasteiger partial charge in [0.15, 0.2) is 0 Å². The average Bonchev–Trinajstić information content (AvgIpc) is 2.86. The molecular weight excluding hydrogens is 312 g/mol. The number of primary amides is 1. The van der Waals surface area contributed by atoms with Gasteiger partial charge in [0.1, 0.15) is 0 Å². The number of amides is 2. The van der Waals surface area contributed by atoms with Crippen molar-refractivity contribution >= 4 is 22.6 Å². The largest absolute Gasteiger partial charge is 0.358 e. The van der Waals surface area contributed by atoms with Crippen molar-refractivity contribution in [2.75, 3.05) is 18.5 Å². The summed E-state index contributed by atoms with van der Waals surface area (Å²) in [6.45, 7) is 11.5. The minimum Gasteiger partial charge on any atom is -0.358 e. The van der Waals surface area contributed by atoms with Gasteiger partial charge in [0.05, 0.1) is 0 Å². The van der Waals surface area contributed by atoms with Crippen LogP contribution in [0.25, 0.3) is 10.9 Å². The third-order valence-corrected chi connectivity index (χ3v) is 5.19. The van der Waals surface area contributed by atoms with Crippen LogP contribution < -0.4 is 10.6 Å². The summed E-state index contributed by atoms with van der Waals surface area (Å²) in [4.78, 5) is 19.3. The molecule has 1 unspecified atom stereocenters. The number of nitrogens with one attached hydrogen (secondary N) is 1. The van der Waals surface area contributed by atoms with Crippen molar-refractivity contribution in [2.24, 2.45) is 5.73 Å². The van der Waals surface area contributed by atoms with Crippen LogP contribution in [0.3, 0.4) is 0 Å². The summed E-state index contributed by atoms with van der Waals surface area (Å²) in [6.07, 6.45) is 2.13. The second kappa shape index (κ2) is 7.91. The van der Waals surface area contributed by atoms with Gasteiger partial charge in [0.2, 0.25) is 0 Å². The Kier molecular flexibility index (Phi) is 6.11. The zero-order chi connectivity index (χ0) is 18.7. The molecule has 2 rings (SSSR count). The number of rotatable bonds is 7. The number of fused-ring (bicyclic) bond motifs is 1. The van der Waals surface area contributed by atoms with Crippen LogP contribution in [0.5, 0.6) is 0 Å². The number of H-pyrrole nitrogens is 1. The maximum Gasteiger partial charge on any atom is 0.319 e. The fourth-order valence-corrected chi connectivity index (χ4v) is 3.34. The molecule has 0 aliphatic carbocycles. The first-order valence-corrected chi connectivity index (χ1v) is 9.16. The van der Waals surface area contributed by atoms with Crippen molar-refractivity contribution in [3.05, 3.63) is 29.5 Å². The standard InChI is InChI=1S/C20H32N4O/c1-7-14(4)23(6)11-10-17-15(5)22-19-9-8-16(12-18(17)19)24(13(2)3)20(21)25/h8-9,12-14,22H,7,10-11H2,1-6H3,(H2,21,25). The summed E-state index contributed by atoms with van der Waals surface area (Å²) < 4.78 is 0. The lowest BCUT2D eigenvalue weighted by atomic mass is 10.1. The van der Waals surface area contributed by atoms with Gasteiger partial charge in [0.25, 0.3) is 0 Å². The first kappa shape index (κ1) is 19.3. The van der Waals surface area contributed by atoms with Crippen LogP contribution in [0.4, 0.5) is 10.5 Å². The lowest BCUT2D eigenvalue weighted by molar-refractivity contribution is 0.252. The van der Waals surface area contributed by atoms with E-state index in [1.807, 2.05) is 26.0 Å².